The van der Waals surface area contributed by atoms with E-state index in [1.54, 1.807) is 0 Å². The predicted molar refractivity (Wildman–Crippen MR) is 86.7 cm³/mol. The maximum Gasteiger partial charge on any atom is 0.0914 e. The smallest absolute Gasteiger partial charge is 0.0914 e. The molecule has 0 aromatic carbocycles. The summed E-state index contributed by atoms with van der Waals surface area (Å²) in [4.78, 5) is 0. The topological polar surface area (TPSA) is 47.7 Å². The molecule has 1 unspecified atom stereocenters. The highest BCUT2D eigenvalue weighted by Crippen LogP contribution is 2.45. The first-order valence-electron chi connectivity index (χ1n) is 8.71. The summed E-state index contributed by atoms with van der Waals surface area (Å²) in [6.07, 6.45) is 2.42. The quantitative estimate of drug-likeness (QED) is 0.813. The van der Waals surface area contributed by atoms with E-state index in [2.05, 4.69) is 35.9 Å². The Morgan fingerprint density at radius 2 is 2.18 bits per heavy atom. The monoisotopic (exact) mass is 300 g/mol. The Morgan fingerprint density at radius 1 is 1.36 bits per heavy atom. The van der Waals surface area contributed by atoms with Crippen LogP contribution >= 0.6 is 0 Å². The Balaban J connectivity index is 1.99. The number of nitrogens with one attached hydrogen (secondary N) is 1. The minimum absolute atomic E-state index is 0.107. The standard InChI is InChI=1S/C17H25N5/c1-17(2,3)13-6-8-22-16(15-11(13)10-19-21(15)4)12-9-18-7-5-14(12)20-22/h10,13,18H,5-9H2,1-4H3/i10D. The summed E-state index contributed by atoms with van der Waals surface area (Å²) in [5, 5.41) is 12.8. The second-order valence-corrected chi connectivity index (χ2v) is 7.63. The van der Waals surface area contributed by atoms with E-state index in [4.69, 9.17) is 6.47 Å². The van der Waals surface area contributed by atoms with Crippen molar-refractivity contribution in [3.05, 3.63) is 23.0 Å². The van der Waals surface area contributed by atoms with E-state index >= 15 is 0 Å². The van der Waals surface area contributed by atoms with Crippen molar-refractivity contribution in [2.75, 3.05) is 6.54 Å². The van der Waals surface area contributed by atoms with Crippen LogP contribution in [-0.2, 0) is 26.6 Å². The molecule has 0 bridgehead atoms. The molecule has 0 radical (unpaired) electrons. The van der Waals surface area contributed by atoms with Gasteiger partial charge in [0.15, 0.2) is 0 Å². The van der Waals surface area contributed by atoms with Crippen LogP contribution in [0.4, 0.5) is 0 Å². The van der Waals surface area contributed by atoms with E-state index in [0.29, 0.717) is 12.1 Å². The summed E-state index contributed by atoms with van der Waals surface area (Å²) in [5.41, 5.74) is 6.01. The molecule has 4 heterocycles. The van der Waals surface area contributed by atoms with Gasteiger partial charge in [0.05, 0.1) is 24.6 Å². The van der Waals surface area contributed by atoms with Gasteiger partial charge in [-0.05, 0) is 17.8 Å². The number of hydrogen-bond donors (Lipinski definition) is 1. The van der Waals surface area contributed by atoms with Gasteiger partial charge in [-0.25, -0.2) is 0 Å². The van der Waals surface area contributed by atoms with Crippen LogP contribution in [-0.4, -0.2) is 26.1 Å². The van der Waals surface area contributed by atoms with Crippen LogP contribution in [0.5, 0.6) is 0 Å². The number of fused-ring (bicyclic) bond motifs is 5. The molecule has 2 aromatic heterocycles. The van der Waals surface area contributed by atoms with Crippen molar-refractivity contribution >= 4 is 0 Å². The lowest BCUT2D eigenvalue weighted by atomic mass is 9.75. The molecule has 1 N–H and O–H groups in total. The van der Waals surface area contributed by atoms with Crippen molar-refractivity contribution in [3.63, 3.8) is 0 Å². The molecule has 2 aromatic rings. The zero-order chi connectivity index (χ0) is 16.4. The van der Waals surface area contributed by atoms with Gasteiger partial charge in [-0.3, -0.25) is 9.36 Å². The van der Waals surface area contributed by atoms with Gasteiger partial charge in [0.25, 0.3) is 0 Å². The van der Waals surface area contributed by atoms with Gasteiger partial charge in [-0.2, -0.15) is 10.2 Å². The molecule has 0 aliphatic carbocycles. The lowest BCUT2D eigenvalue weighted by molar-refractivity contribution is 0.295. The molecule has 0 fully saturated rings. The van der Waals surface area contributed by atoms with Crippen molar-refractivity contribution in [1.29, 1.82) is 0 Å². The predicted octanol–water partition coefficient (Wildman–Crippen LogP) is 2.46. The second-order valence-electron chi connectivity index (χ2n) is 7.63. The third-order valence-corrected chi connectivity index (χ3v) is 5.12. The van der Waals surface area contributed by atoms with Crippen LogP contribution in [0.2, 0.25) is 0 Å². The van der Waals surface area contributed by atoms with E-state index in [0.717, 1.165) is 43.7 Å². The van der Waals surface area contributed by atoms with Crippen LogP contribution in [0.3, 0.4) is 0 Å². The van der Waals surface area contributed by atoms with E-state index < -0.39 is 0 Å². The Hall–Kier alpha value is -1.62. The maximum absolute atomic E-state index is 8.43. The summed E-state index contributed by atoms with van der Waals surface area (Å²) in [6, 6.07) is 0. The second kappa shape index (κ2) is 4.69. The van der Waals surface area contributed by atoms with Crippen molar-refractivity contribution < 1.29 is 1.37 Å². The number of rotatable bonds is 0. The Bertz CT molecular complexity index is 765. The number of aromatic nitrogens is 4. The highest BCUT2D eigenvalue weighted by Gasteiger charge is 2.35. The van der Waals surface area contributed by atoms with E-state index in [1.807, 2.05) is 11.7 Å². The van der Waals surface area contributed by atoms with Crippen LogP contribution in [0.25, 0.3) is 11.4 Å². The molecule has 4 rings (SSSR count). The molecule has 0 saturated carbocycles. The van der Waals surface area contributed by atoms with Crippen molar-refractivity contribution in [3.8, 4) is 11.4 Å². The van der Waals surface area contributed by atoms with Crippen LogP contribution in [0.15, 0.2) is 6.17 Å². The van der Waals surface area contributed by atoms with Gasteiger partial charge in [0, 0.05) is 44.2 Å². The van der Waals surface area contributed by atoms with E-state index in [-0.39, 0.29) is 5.41 Å². The molecule has 0 amide bonds. The van der Waals surface area contributed by atoms with E-state index in [1.165, 1.54) is 17.0 Å². The fourth-order valence-electron chi connectivity index (χ4n) is 3.97. The zero-order valence-corrected chi connectivity index (χ0v) is 13.9. The molecule has 0 saturated heterocycles. The normalized spacial score (nSPS) is 21.6. The Labute approximate surface area is 133 Å². The fraction of sp³-hybridized carbons (Fsp3) is 0.647. The molecule has 1 atom stereocenters. The van der Waals surface area contributed by atoms with Gasteiger partial charge in [-0.1, -0.05) is 20.8 Å². The SMILES string of the molecule is [2H]c1nn(C)c2c1C(C(C)(C)C)CCn1nc3c(c1-2)CNCC3. The number of aryl methyl sites for hydroxylation is 2. The lowest BCUT2D eigenvalue weighted by Crippen LogP contribution is -2.23. The third kappa shape index (κ3) is 1.95. The molecule has 0 spiro atoms. The average molecular weight is 300 g/mol. The molecule has 118 valence electrons. The van der Waals surface area contributed by atoms with Gasteiger partial charge in [0.1, 0.15) is 0 Å². The molecule has 2 aliphatic rings. The highest BCUT2D eigenvalue weighted by molar-refractivity contribution is 5.66. The van der Waals surface area contributed by atoms with Crippen LogP contribution in [0, 0.1) is 5.41 Å². The molecular formula is C17H25N5. The molecule has 5 heteroatoms. The van der Waals surface area contributed by atoms with Crippen molar-refractivity contribution in [2.45, 2.75) is 52.6 Å². The van der Waals surface area contributed by atoms with Gasteiger partial charge in [-0.15, -0.1) is 0 Å². The first-order valence-corrected chi connectivity index (χ1v) is 8.21. The van der Waals surface area contributed by atoms with Crippen molar-refractivity contribution in [1.82, 2.24) is 24.9 Å². The fourth-order valence-corrected chi connectivity index (χ4v) is 3.97. The average Bonchev–Trinajstić information content (AvgIpc) is 2.89. The maximum atomic E-state index is 8.43. The summed E-state index contributed by atoms with van der Waals surface area (Å²) >= 11 is 0. The van der Waals surface area contributed by atoms with E-state index in [9.17, 15) is 0 Å². The number of hydrogen-bond acceptors (Lipinski definition) is 3. The van der Waals surface area contributed by atoms with Crippen LogP contribution in [0.1, 0.15) is 51.3 Å². The zero-order valence-electron chi connectivity index (χ0n) is 14.9. The summed E-state index contributed by atoms with van der Waals surface area (Å²) < 4.78 is 12.5. The molecule has 2 aliphatic heterocycles. The largest absolute Gasteiger partial charge is 0.312 e. The first-order chi connectivity index (χ1) is 10.9. The third-order valence-electron chi connectivity index (χ3n) is 5.12. The highest BCUT2D eigenvalue weighted by atomic mass is 15.3. The van der Waals surface area contributed by atoms with Gasteiger partial charge >= 0.3 is 0 Å². The van der Waals surface area contributed by atoms with Crippen LogP contribution < -0.4 is 5.32 Å². The van der Waals surface area contributed by atoms with Gasteiger partial charge < -0.3 is 5.32 Å². The minimum atomic E-state index is 0.107. The summed E-state index contributed by atoms with van der Waals surface area (Å²) in [5.74, 6) is 0.326. The molecule has 22 heavy (non-hydrogen) atoms. The molecular weight excluding hydrogens is 274 g/mol. The lowest BCUT2D eigenvalue weighted by Gasteiger charge is -2.29. The summed E-state index contributed by atoms with van der Waals surface area (Å²) in [6.45, 7) is 9.56. The first kappa shape index (κ1) is 12.9. The Morgan fingerprint density at radius 3 is 2.95 bits per heavy atom. The summed E-state index contributed by atoms with van der Waals surface area (Å²) in [7, 11) is 1.96. The van der Waals surface area contributed by atoms with Crippen molar-refractivity contribution in [2.24, 2.45) is 12.5 Å². The van der Waals surface area contributed by atoms with Gasteiger partial charge in [0.2, 0.25) is 0 Å². The molecule has 5 nitrogen and oxygen atoms in total. The Kier molecular flexibility index (Phi) is 2.74. The minimum Gasteiger partial charge on any atom is -0.312 e. The number of nitrogens with zero attached hydrogens (tertiary/aromatic N) is 4.